The standard InChI is InChI=1S/C17H19BrN2O3S/c1-12-7-6-8-13(2)17(12)19-16(21)11-20(3)24(22,23)15-10-5-4-9-14(15)18/h4-10H,11H2,1-3H3,(H,19,21). The van der Waals surface area contributed by atoms with Crippen LogP contribution in [0.5, 0.6) is 0 Å². The summed E-state index contributed by atoms with van der Waals surface area (Å²) in [5.41, 5.74) is 2.58. The van der Waals surface area contributed by atoms with Crippen molar-refractivity contribution in [2.24, 2.45) is 0 Å². The number of benzene rings is 2. The molecule has 1 N–H and O–H groups in total. The largest absolute Gasteiger partial charge is 0.324 e. The van der Waals surface area contributed by atoms with Crippen LogP contribution < -0.4 is 5.32 Å². The molecule has 0 aromatic heterocycles. The van der Waals surface area contributed by atoms with Crippen LogP contribution in [0.4, 0.5) is 5.69 Å². The summed E-state index contributed by atoms with van der Waals surface area (Å²) in [7, 11) is -2.36. The normalized spacial score (nSPS) is 11.5. The van der Waals surface area contributed by atoms with Gasteiger partial charge in [-0.25, -0.2) is 8.42 Å². The number of anilines is 1. The molecule has 0 radical (unpaired) electrons. The van der Waals surface area contributed by atoms with Crippen LogP contribution in [-0.4, -0.2) is 32.2 Å². The Labute approximate surface area is 150 Å². The molecule has 2 rings (SSSR count). The highest BCUT2D eigenvalue weighted by Crippen LogP contribution is 2.24. The minimum Gasteiger partial charge on any atom is -0.324 e. The Hall–Kier alpha value is -1.70. The van der Waals surface area contributed by atoms with Crippen molar-refractivity contribution in [3.05, 3.63) is 58.1 Å². The molecule has 0 heterocycles. The van der Waals surface area contributed by atoms with E-state index in [1.165, 1.54) is 13.1 Å². The third-order valence-corrected chi connectivity index (χ3v) is 6.45. The van der Waals surface area contributed by atoms with E-state index in [0.717, 1.165) is 15.4 Å². The molecule has 0 bridgehead atoms. The van der Waals surface area contributed by atoms with Crippen LogP contribution in [0.3, 0.4) is 0 Å². The lowest BCUT2D eigenvalue weighted by atomic mass is 10.1. The second kappa shape index (κ2) is 7.46. The van der Waals surface area contributed by atoms with Gasteiger partial charge in [0.05, 0.1) is 11.4 Å². The van der Waals surface area contributed by atoms with Crippen molar-refractivity contribution in [3.63, 3.8) is 0 Å². The Kier molecular flexibility index (Phi) is 5.79. The third kappa shape index (κ3) is 4.03. The van der Waals surface area contributed by atoms with Gasteiger partial charge in [0.15, 0.2) is 0 Å². The Morgan fingerprint density at radius 3 is 2.25 bits per heavy atom. The molecule has 0 saturated heterocycles. The highest BCUT2D eigenvalue weighted by Gasteiger charge is 2.25. The molecule has 0 atom stereocenters. The zero-order chi connectivity index (χ0) is 17.9. The summed E-state index contributed by atoms with van der Waals surface area (Å²) in [4.78, 5) is 12.4. The number of likely N-dealkylation sites (N-methyl/N-ethyl adjacent to an activating group) is 1. The van der Waals surface area contributed by atoms with Crippen molar-refractivity contribution in [3.8, 4) is 0 Å². The van der Waals surface area contributed by atoms with Crippen LogP contribution in [0.15, 0.2) is 51.8 Å². The number of para-hydroxylation sites is 1. The SMILES string of the molecule is Cc1cccc(C)c1NC(=O)CN(C)S(=O)(=O)c1ccccc1Br. The van der Waals surface area contributed by atoms with Gasteiger partial charge in [0.1, 0.15) is 0 Å². The van der Waals surface area contributed by atoms with E-state index >= 15 is 0 Å². The van der Waals surface area contributed by atoms with E-state index in [4.69, 9.17) is 0 Å². The minimum absolute atomic E-state index is 0.132. The van der Waals surface area contributed by atoms with Gasteiger partial charge in [0.2, 0.25) is 15.9 Å². The van der Waals surface area contributed by atoms with Gasteiger partial charge in [-0.3, -0.25) is 4.79 Å². The second-order valence-corrected chi connectivity index (χ2v) is 8.37. The lowest BCUT2D eigenvalue weighted by Crippen LogP contribution is -2.35. The first kappa shape index (κ1) is 18.6. The summed E-state index contributed by atoms with van der Waals surface area (Å²) >= 11 is 3.23. The summed E-state index contributed by atoms with van der Waals surface area (Å²) in [6.45, 7) is 3.52. The molecule has 1 amide bonds. The van der Waals surface area contributed by atoms with E-state index in [1.807, 2.05) is 32.0 Å². The molecule has 128 valence electrons. The van der Waals surface area contributed by atoms with Crippen molar-refractivity contribution in [1.29, 1.82) is 0 Å². The zero-order valence-corrected chi connectivity index (χ0v) is 16.1. The van der Waals surface area contributed by atoms with Crippen LogP contribution in [0.25, 0.3) is 0 Å². The van der Waals surface area contributed by atoms with Gasteiger partial charge >= 0.3 is 0 Å². The molecule has 0 saturated carbocycles. The lowest BCUT2D eigenvalue weighted by molar-refractivity contribution is -0.116. The molecule has 0 aliphatic carbocycles. The van der Waals surface area contributed by atoms with E-state index in [1.54, 1.807) is 18.2 Å². The smallest absolute Gasteiger partial charge is 0.244 e. The molecule has 0 unspecified atom stereocenters. The number of rotatable bonds is 5. The minimum atomic E-state index is -3.75. The number of carbonyl (C=O) groups is 1. The van der Waals surface area contributed by atoms with Crippen molar-refractivity contribution in [1.82, 2.24) is 4.31 Å². The maximum atomic E-state index is 12.6. The predicted molar refractivity (Wildman–Crippen MR) is 98.5 cm³/mol. The van der Waals surface area contributed by atoms with Crippen molar-refractivity contribution >= 4 is 37.5 Å². The fourth-order valence-corrected chi connectivity index (χ4v) is 4.39. The lowest BCUT2D eigenvalue weighted by Gasteiger charge is -2.18. The van der Waals surface area contributed by atoms with Crippen LogP contribution in [0.2, 0.25) is 0 Å². The first-order valence-corrected chi connectivity index (χ1v) is 9.53. The number of carbonyl (C=O) groups excluding carboxylic acids is 1. The monoisotopic (exact) mass is 410 g/mol. The average molecular weight is 411 g/mol. The van der Waals surface area contributed by atoms with Crippen molar-refractivity contribution < 1.29 is 13.2 Å². The van der Waals surface area contributed by atoms with Crippen LogP contribution in [-0.2, 0) is 14.8 Å². The number of halogens is 1. The average Bonchev–Trinajstić information content (AvgIpc) is 2.51. The van der Waals surface area contributed by atoms with Gasteiger partial charge in [-0.15, -0.1) is 0 Å². The number of sulfonamides is 1. The number of hydrogen-bond donors (Lipinski definition) is 1. The molecule has 0 aliphatic rings. The van der Waals surface area contributed by atoms with Crippen LogP contribution in [0.1, 0.15) is 11.1 Å². The highest BCUT2D eigenvalue weighted by molar-refractivity contribution is 9.10. The Balaban J connectivity index is 2.16. The predicted octanol–water partition coefficient (Wildman–Crippen LogP) is 3.33. The maximum Gasteiger partial charge on any atom is 0.244 e. The van der Waals surface area contributed by atoms with E-state index in [0.29, 0.717) is 10.2 Å². The van der Waals surface area contributed by atoms with E-state index in [-0.39, 0.29) is 17.3 Å². The second-order valence-electron chi connectivity index (χ2n) is 5.51. The molecular weight excluding hydrogens is 392 g/mol. The molecule has 5 nitrogen and oxygen atoms in total. The molecule has 0 aliphatic heterocycles. The Morgan fingerprint density at radius 2 is 1.67 bits per heavy atom. The third-order valence-electron chi connectivity index (χ3n) is 3.64. The molecular formula is C17H19BrN2O3S. The van der Waals surface area contributed by atoms with Gasteiger partial charge < -0.3 is 5.32 Å². The van der Waals surface area contributed by atoms with Crippen molar-refractivity contribution in [2.75, 3.05) is 18.9 Å². The summed E-state index contributed by atoms with van der Waals surface area (Å²) in [5, 5.41) is 2.79. The number of aryl methyl sites for hydroxylation is 2. The van der Waals surface area contributed by atoms with Gasteiger partial charge in [-0.2, -0.15) is 4.31 Å². The number of nitrogens with zero attached hydrogens (tertiary/aromatic N) is 1. The highest BCUT2D eigenvalue weighted by atomic mass is 79.9. The number of hydrogen-bond acceptors (Lipinski definition) is 3. The molecule has 2 aromatic carbocycles. The Morgan fingerprint density at radius 1 is 1.08 bits per heavy atom. The summed E-state index contributed by atoms with van der Waals surface area (Å²) in [6.07, 6.45) is 0. The first-order valence-electron chi connectivity index (χ1n) is 7.30. The van der Waals surface area contributed by atoms with E-state index in [9.17, 15) is 13.2 Å². The topological polar surface area (TPSA) is 66.5 Å². The summed E-state index contributed by atoms with van der Waals surface area (Å²) in [5.74, 6) is -0.384. The van der Waals surface area contributed by atoms with Crippen LogP contribution >= 0.6 is 15.9 Å². The first-order chi connectivity index (χ1) is 11.2. The van der Waals surface area contributed by atoms with E-state index < -0.39 is 10.0 Å². The Bertz CT molecular complexity index is 846. The van der Waals surface area contributed by atoms with E-state index in [2.05, 4.69) is 21.2 Å². The van der Waals surface area contributed by atoms with Crippen LogP contribution in [0, 0.1) is 13.8 Å². The molecule has 2 aromatic rings. The van der Waals surface area contributed by atoms with Gasteiger partial charge in [0, 0.05) is 17.2 Å². The molecule has 7 heteroatoms. The molecule has 0 spiro atoms. The molecule has 0 fully saturated rings. The summed E-state index contributed by atoms with van der Waals surface area (Å²) < 4.78 is 26.7. The number of amides is 1. The molecule has 24 heavy (non-hydrogen) atoms. The van der Waals surface area contributed by atoms with Crippen molar-refractivity contribution in [2.45, 2.75) is 18.7 Å². The number of nitrogens with one attached hydrogen (secondary N) is 1. The van der Waals surface area contributed by atoms with Gasteiger partial charge in [0.25, 0.3) is 0 Å². The fraction of sp³-hybridized carbons (Fsp3) is 0.235. The quantitative estimate of drug-likeness (QED) is 0.821. The fourth-order valence-electron chi connectivity index (χ4n) is 2.30. The zero-order valence-electron chi connectivity index (χ0n) is 13.7. The van der Waals surface area contributed by atoms with Gasteiger partial charge in [-0.1, -0.05) is 30.3 Å². The summed E-state index contributed by atoms with van der Waals surface area (Å²) in [6, 6.07) is 12.2. The van der Waals surface area contributed by atoms with Gasteiger partial charge in [-0.05, 0) is 53.0 Å². The maximum absolute atomic E-state index is 12.6.